The molecule has 2 aromatic carbocycles. The van der Waals surface area contributed by atoms with Crippen molar-refractivity contribution in [1.29, 1.82) is 0 Å². The molecule has 2 aliphatic rings. The fraction of sp³-hybridized carbons (Fsp3) is 0.500. The summed E-state index contributed by atoms with van der Waals surface area (Å²) in [5, 5.41) is 6.93. The first kappa shape index (κ1) is 31.4. The summed E-state index contributed by atoms with van der Waals surface area (Å²) in [6.07, 6.45) is 4.94. The Bertz CT molecular complexity index is 1420. The highest BCUT2D eigenvalue weighted by Crippen LogP contribution is 2.44. The van der Waals surface area contributed by atoms with Gasteiger partial charge < -0.3 is 44.8 Å². The van der Waals surface area contributed by atoms with Crippen LogP contribution < -0.4 is 35.5 Å². The highest BCUT2D eigenvalue weighted by molar-refractivity contribution is 5.98. The van der Waals surface area contributed by atoms with Crippen LogP contribution in [0.3, 0.4) is 0 Å². The normalized spacial score (nSPS) is 19.8. The summed E-state index contributed by atoms with van der Waals surface area (Å²) in [5.74, 6) is 3.41. The lowest BCUT2D eigenvalue weighted by atomic mass is 9.78. The molecule has 1 fully saturated rings. The first-order chi connectivity index (χ1) is 21.2. The Morgan fingerprint density at radius 3 is 2.50 bits per heavy atom. The predicted octanol–water partition coefficient (Wildman–Crippen LogP) is 3.29. The molecule has 0 amide bonds. The van der Waals surface area contributed by atoms with E-state index in [0.717, 1.165) is 56.0 Å². The SMILES string of the molecule is COc1cc2c(cc1OC)C(N)(C1CCN(Cc3c(OCCN(C)C)cccc3N(C)C)CC1)NC(=NCc1ncco1)N2. The van der Waals surface area contributed by atoms with E-state index in [4.69, 9.17) is 29.4 Å². The minimum Gasteiger partial charge on any atom is -0.493 e. The molecule has 12 nitrogen and oxygen atoms in total. The van der Waals surface area contributed by atoms with Crippen LogP contribution in [0.4, 0.5) is 11.4 Å². The van der Waals surface area contributed by atoms with E-state index in [-0.39, 0.29) is 12.5 Å². The van der Waals surface area contributed by atoms with E-state index in [9.17, 15) is 0 Å². The molecule has 5 rings (SSSR count). The average molecular weight is 607 g/mol. The Kier molecular flexibility index (Phi) is 9.82. The first-order valence-corrected chi connectivity index (χ1v) is 15.0. The summed E-state index contributed by atoms with van der Waals surface area (Å²) in [4.78, 5) is 15.7. The van der Waals surface area contributed by atoms with Crippen LogP contribution in [-0.4, -0.2) is 89.4 Å². The number of nitrogens with two attached hydrogens (primary N) is 1. The average Bonchev–Trinajstić information content (AvgIpc) is 3.54. The molecular weight excluding hydrogens is 560 g/mol. The number of ether oxygens (including phenoxy) is 3. The van der Waals surface area contributed by atoms with E-state index in [2.05, 4.69) is 76.7 Å². The second-order valence-corrected chi connectivity index (χ2v) is 11.8. The number of aliphatic imine (C=N–C) groups is 1. The molecule has 1 unspecified atom stereocenters. The Morgan fingerprint density at radius 2 is 1.84 bits per heavy atom. The number of oxazole rings is 1. The minimum absolute atomic E-state index is 0.129. The van der Waals surface area contributed by atoms with Crippen LogP contribution in [0, 0.1) is 5.92 Å². The number of likely N-dealkylation sites (N-methyl/N-ethyl adjacent to an activating group) is 1. The summed E-state index contributed by atoms with van der Waals surface area (Å²) in [5.41, 5.74) is 10.6. The number of rotatable bonds is 12. The Hall–Kier alpha value is -4.00. The summed E-state index contributed by atoms with van der Waals surface area (Å²) >= 11 is 0. The fourth-order valence-electron chi connectivity index (χ4n) is 6.00. The summed E-state index contributed by atoms with van der Waals surface area (Å²) in [7, 11) is 11.5. The molecule has 0 radical (unpaired) electrons. The van der Waals surface area contributed by atoms with Crippen molar-refractivity contribution in [3.63, 3.8) is 0 Å². The molecule has 0 spiro atoms. The second-order valence-electron chi connectivity index (χ2n) is 11.8. The maximum atomic E-state index is 7.35. The molecule has 0 saturated carbocycles. The first-order valence-electron chi connectivity index (χ1n) is 15.0. The van der Waals surface area contributed by atoms with E-state index in [1.165, 1.54) is 11.3 Å². The minimum atomic E-state index is -0.885. The van der Waals surface area contributed by atoms with Gasteiger partial charge >= 0.3 is 0 Å². The molecule has 3 heterocycles. The summed E-state index contributed by atoms with van der Waals surface area (Å²) in [6.45, 7) is 4.37. The predicted molar refractivity (Wildman–Crippen MR) is 173 cm³/mol. The van der Waals surface area contributed by atoms with Gasteiger partial charge in [0.1, 0.15) is 30.8 Å². The smallest absolute Gasteiger partial charge is 0.215 e. The number of aromatic nitrogens is 1. The third-order valence-electron chi connectivity index (χ3n) is 8.40. The maximum Gasteiger partial charge on any atom is 0.215 e. The number of anilines is 2. The third kappa shape index (κ3) is 6.87. The lowest BCUT2D eigenvalue weighted by Crippen LogP contribution is -2.63. The zero-order chi connectivity index (χ0) is 31.3. The topological polar surface area (TPSA) is 126 Å². The second kappa shape index (κ2) is 13.7. The van der Waals surface area contributed by atoms with Crippen LogP contribution in [0.1, 0.15) is 29.9 Å². The number of guanidine groups is 1. The Labute approximate surface area is 260 Å². The molecule has 44 heavy (non-hydrogen) atoms. The largest absolute Gasteiger partial charge is 0.493 e. The number of hydrogen-bond donors (Lipinski definition) is 3. The van der Waals surface area contributed by atoms with Crippen molar-refractivity contribution < 1.29 is 18.6 Å². The van der Waals surface area contributed by atoms with Crippen LogP contribution in [0.25, 0.3) is 0 Å². The van der Waals surface area contributed by atoms with Gasteiger partial charge in [-0.1, -0.05) is 6.07 Å². The molecule has 238 valence electrons. The zero-order valence-electron chi connectivity index (χ0n) is 26.7. The van der Waals surface area contributed by atoms with Gasteiger partial charge in [0.15, 0.2) is 17.5 Å². The van der Waals surface area contributed by atoms with Gasteiger partial charge in [-0.3, -0.25) is 4.90 Å². The Balaban J connectivity index is 1.37. The van der Waals surface area contributed by atoms with E-state index >= 15 is 0 Å². The number of fused-ring (bicyclic) bond motifs is 1. The zero-order valence-corrected chi connectivity index (χ0v) is 26.7. The van der Waals surface area contributed by atoms with Crippen molar-refractivity contribution in [1.82, 2.24) is 20.1 Å². The van der Waals surface area contributed by atoms with Crippen molar-refractivity contribution in [2.45, 2.75) is 31.6 Å². The van der Waals surface area contributed by atoms with Crippen LogP contribution in [0.5, 0.6) is 17.2 Å². The monoisotopic (exact) mass is 606 g/mol. The van der Waals surface area contributed by atoms with Crippen LogP contribution in [0.15, 0.2) is 52.2 Å². The van der Waals surface area contributed by atoms with Crippen LogP contribution in [-0.2, 0) is 18.8 Å². The number of nitrogens with one attached hydrogen (secondary N) is 2. The van der Waals surface area contributed by atoms with Gasteiger partial charge in [0.2, 0.25) is 5.89 Å². The molecule has 1 atom stereocenters. The highest BCUT2D eigenvalue weighted by Gasteiger charge is 2.44. The molecule has 2 aliphatic heterocycles. The van der Waals surface area contributed by atoms with Gasteiger partial charge in [-0.2, -0.15) is 0 Å². The lowest BCUT2D eigenvalue weighted by Gasteiger charge is -2.47. The van der Waals surface area contributed by atoms with Crippen molar-refractivity contribution in [3.8, 4) is 17.2 Å². The molecule has 12 heteroatoms. The van der Waals surface area contributed by atoms with Crippen molar-refractivity contribution in [2.75, 3.05) is 78.9 Å². The van der Waals surface area contributed by atoms with Gasteiger partial charge in [-0.05, 0) is 58.2 Å². The molecule has 4 N–H and O–H groups in total. The van der Waals surface area contributed by atoms with Crippen LogP contribution >= 0.6 is 0 Å². The van der Waals surface area contributed by atoms with Crippen molar-refractivity contribution in [2.24, 2.45) is 16.6 Å². The molecule has 1 aromatic heterocycles. The number of benzene rings is 2. The Morgan fingerprint density at radius 1 is 1.09 bits per heavy atom. The standard InChI is InChI=1S/C32H46N8O4/c1-38(2)15-17-43-27-9-7-8-26(39(3)4)23(27)21-40-13-10-22(11-14-40)32(33)24-18-28(41-5)29(42-6)19-25(24)36-31(37-32)35-20-30-34-12-16-44-30/h7-9,12,16,18-19,22H,10-11,13-15,17,20-21,33H2,1-6H3,(H2,35,36,37). The number of methoxy groups -OCH3 is 2. The van der Waals surface area contributed by atoms with Gasteiger partial charge in [0.05, 0.1) is 26.1 Å². The van der Waals surface area contributed by atoms with Crippen LogP contribution in [0.2, 0.25) is 0 Å². The quantitative estimate of drug-likeness (QED) is 0.281. The number of likely N-dealkylation sites (tertiary alicyclic amines) is 1. The van der Waals surface area contributed by atoms with Gasteiger partial charge in [0.25, 0.3) is 0 Å². The third-order valence-corrected chi connectivity index (χ3v) is 8.40. The number of hydrogen-bond acceptors (Lipinski definition) is 10. The van der Waals surface area contributed by atoms with E-state index in [0.29, 0.717) is 30.0 Å². The van der Waals surface area contributed by atoms with Crippen molar-refractivity contribution in [3.05, 3.63) is 59.8 Å². The van der Waals surface area contributed by atoms with Gasteiger partial charge in [-0.25, -0.2) is 9.98 Å². The van der Waals surface area contributed by atoms with Crippen molar-refractivity contribution >= 4 is 17.3 Å². The molecule has 3 aromatic rings. The fourth-order valence-corrected chi connectivity index (χ4v) is 6.00. The van der Waals surface area contributed by atoms with E-state index in [1.54, 1.807) is 26.7 Å². The van der Waals surface area contributed by atoms with Gasteiger partial charge in [0, 0.05) is 56.0 Å². The summed E-state index contributed by atoms with van der Waals surface area (Å²) in [6, 6.07) is 10.2. The number of nitrogens with zero attached hydrogens (tertiary/aromatic N) is 5. The molecule has 0 aliphatic carbocycles. The highest BCUT2D eigenvalue weighted by atomic mass is 16.5. The lowest BCUT2D eigenvalue weighted by molar-refractivity contribution is 0.113. The van der Waals surface area contributed by atoms with E-state index in [1.807, 2.05) is 12.1 Å². The van der Waals surface area contributed by atoms with E-state index < -0.39 is 5.66 Å². The summed E-state index contributed by atoms with van der Waals surface area (Å²) < 4.78 is 22.9. The molecule has 1 saturated heterocycles. The molecular formula is C32H46N8O4. The van der Waals surface area contributed by atoms with Gasteiger partial charge in [-0.15, -0.1) is 0 Å². The number of piperidine rings is 1. The molecule has 0 bridgehead atoms. The maximum absolute atomic E-state index is 7.35.